The van der Waals surface area contributed by atoms with Gasteiger partial charge in [0.1, 0.15) is 16.8 Å². The molecule has 0 bridgehead atoms. The second kappa shape index (κ2) is 18.5. The van der Waals surface area contributed by atoms with E-state index < -0.39 is 29.7 Å². The number of rotatable bonds is 13. The smallest absolute Gasteiger partial charge is 0.293 e. The molecule has 66 heavy (non-hydrogen) atoms. The SMILES string of the molecule is CNC(=O)COc1cc2cc(Nc3nc(N4CCC(O[C@H]5C[C@H](N6CCN(c7cc8c(cc7OC)C(=O)N(C7CCC(=O)NC7=O)C8=O)CC6)C5)CC4)ncc3Cl)ccc2n(C(C)C)c1=O. The molecule has 4 fully saturated rings. The third kappa shape index (κ3) is 8.73. The highest BCUT2D eigenvalue weighted by molar-refractivity contribution is 6.33. The van der Waals surface area contributed by atoms with Gasteiger partial charge >= 0.3 is 0 Å². The molecule has 6 heterocycles. The van der Waals surface area contributed by atoms with Crippen molar-refractivity contribution in [3.05, 3.63) is 69.1 Å². The van der Waals surface area contributed by atoms with Crippen LogP contribution in [0.3, 0.4) is 0 Å². The van der Waals surface area contributed by atoms with E-state index in [4.69, 9.17) is 30.8 Å². The Bertz CT molecular complexity index is 2660. The highest BCUT2D eigenvalue weighted by atomic mass is 35.5. The Balaban J connectivity index is 0.758. The number of carbonyl (C=O) groups is 5. The summed E-state index contributed by atoms with van der Waals surface area (Å²) in [5, 5.41) is 9.16. The summed E-state index contributed by atoms with van der Waals surface area (Å²) in [6.45, 7) is 8.07. The number of carbonyl (C=O) groups excluding carboxylic acids is 5. The van der Waals surface area contributed by atoms with Crippen LogP contribution < -0.4 is 40.8 Å². The number of piperazine rings is 1. The molecule has 1 aliphatic carbocycles. The Morgan fingerprint density at radius 3 is 2.30 bits per heavy atom. The van der Waals surface area contributed by atoms with Crippen LogP contribution in [0.5, 0.6) is 11.5 Å². The number of amides is 5. The first kappa shape index (κ1) is 44.9. The molecule has 0 spiro atoms. The summed E-state index contributed by atoms with van der Waals surface area (Å²) in [4.78, 5) is 93.4. The molecule has 19 nitrogen and oxygen atoms in total. The van der Waals surface area contributed by atoms with Crippen molar-refractivity contribution in [2.24, 2.45) is 0 Å². The predicted octanol–water partition coefficient (Wildman–Crippen LogP) is 3.64. The average molecular weight is 925 g/mol. The predicted molar refractivity (Wildman–Crippen MR) is 245 cm³/mol. The van der Waals surface area contributed by atoms with Crippen LogP contribution in [0.25, 0.3) is 10.9 Å². The molecule has 1 atom stereocenters. The largest absolute Gasteiger partial charge is 0.495 e. The highest BCUT2D eigenvalue weighted by Gasteiger charge is 2.46. The van der Waals surface area contributed by atoms with Crippen molar-refractivity contribution in [3.63, 3.8) is 0 Å². The molecular weight excluding hydrogens is 872 g/mol. The number of pyridine rings is 1. The van der Waals surface area contributed by atoms with Crippen molar-refractivity contribution in [1.82, 2.24) is 35.0 Å². The van der Waals surface area contributed by atoms with Crippen LogP contribution in [-0.4, -0.2) is 138 Å². The summed E-state index contributed by atoms with van der Waals surface area (Å²) in [7, 11) is 3.04. The molecule has 20 heteroatoms. The lowest BCUT2D eigenvalue weighted by atomic mass is 9.87. The van der Waals surface area contributed by atoms with Crippen molar-refractivity contribution in [2.75, 3.05) is 75.1 Å². The standard InChI is InChI=1S/C46H53ClN10O9/c1-25(2)56-34-6-5-27(17-26(34)18-38(45(56)63)65-24-40(59)48-3)50-41-33(47)23-49-46(52-41)55-11-9-29(10-12-55)66-30-19-28(20-30)53-13-15-54(16-14-53)36-21-31-32(22-37(36)64-4)44(62)57(43(31)61)35-7-8-39(58)51-42(35)60/h5-6,17-18,21-23,25,28-30,35H,7-16,19-20,24H2,1-4H3,(H,48,59)(H,49,50,52)(H,51,58,60)/t28-,30-,35?. The fraction of sp³-hybridized carbons (Fsp3) is 0.478. The number of fused-ring (bicyclic) bond motifs is 2. The van der Waals surface area contributed by atoms with Crippen molar-refractivity contribution in [1.29, 1.82) is 0 Å². The van der Waals surface area contributed by atoms with Crippen LogP contribution in [0.2, 0.25) is 5.02 Å². The Morgan fingerprint density at radius 1 is 0.894 bits per heavy atom. The van der Waals surface area contributed by atoms with E-state index >= 15 is 0 Å². The zero-order valence-electron chi connectivity index (χ0n) is 37.3. The third-order valence-electron chi connectivity index (χ3n) is 13.2. The summed E-state index contributed by atoms with van der Waals surface area (Å²) in [5.41, 5.74) is 2.27. The molecule has 5 amide bonds. The quantitative estimate of drug-likeness (QED) is 0.164. The number of hydrogen-bond donors (Lipinski definition) is 3. The fourth-order valence-corrected chi connectivity index (χ4v) is 9.74. The first-order valence-corrected chi connectivity index (χ1v) is 22.8. The lowest BCUT2D eigenvalue weighted by Gasteiger charge is -2.47. The molecule has 4 aromatic rings. The van der Waals surface area contributed by atoms with E-state index in [0.717, 1.165) is 73.4 Å². The topological polar surface area (TPSA) is 210 Å². The van der Waals surface area contributed by atoms with Gasteiger partial charge in [0.2, 0.25) is 17.8 Å². The molecule has 3 saturated heterocycles. The molecule has 2 aromatic heterocycles. The number of likely N-dealkylation sites (N-methyl/N-ethyl adjacent to an activating group) is 1. The molecule has 2 aromatic carbocycles. The number of nitrogens with one attached hydrogen (secondary N) is 3. The van der Waals surface area contributed by atoms with E-state index in [1.54, 1.807) is 29.0 Å². The molecular formula is C46H53ClN10O9. The number of aromatic nitrogens is 3. The number of halogens is 1. The van der Waals surface area contributed by atoms with E-state index in [0.29, 0.717) is 47.4 Å². The molecule has 1 saturated carbocycles. The zero-order valence-corrected chi connectivity index (χ0v) is 38.1. The third-order valence-corrected chi connectivity index (χ3v) is 13.5. The van der Waals surface area contributed by atoms with Crippen LogP contribution in [0, 0.1) is 0 Å². The lowest BCUT2D eigenvalue weighted by molar-refractivity contribution is -0.136. The van der Waals surface area contributed by atoms with Gasteiger partial charge in [-0.25, -0.2) is 4.98 Å². The van der Waals surface area contributed by atoms with Gasteiger partial charge in [-0.3, -0.25) is 43.9 Å². The fourth-order valence-electron chi connectivity index (χ4n) is 9.60. The van der Waals surface area contributed by atoms with Crippen molar-refractivity contribution >= 4 is 75.2 Å². The number of hydrogen-bond acceptors (Lipinski definition) is 15. The maximum Gasteiger partial charge on any atom is 0.293 e. The maximum absolute atomic E-state index is 13.5. The van der Waals surface area contributed by atoms with Crippen molar-refractivity contribution in [3.8, 4) is 11.5 Å². The number of imide groups is 2. The Kier molecular flexibility index (Phi) is 12.6. The highest BCUT2D eigenvalue weighted by Crippen LogP contribution is 2.39. The molecule has 0 radical (unpaired) electrons. The minimum Gasteiger partial charge on any atom is -0.495 e. The van der Waals surface area contributed by atoms with Crippen molar-refractivity contribution < 1.29 is 38.2 Å². The molecule has 3 N–H and O–H groups in total. The monoisotopic (exact) mass is 924 g/mol. The van der Waals surface area contributed by atoms with Gasteiger partial charge in [0.25, 0.3) is 23.3 Å². The summed E-state index contributed by atoms with van der Waals surface area (Å²) in [6, 6.07) is 9.78. The van der Waals surface area contributed by atoms with Gasteiger partial charge in [0.15, 0.2) is 18.2 Å². The second-order valence-corrected chi connectivity index (χ2v) is 18.0. The number of anilines is 4. The van der Waals surface area contributed by atoms with E-state index in [9.17, 15) is 28.8 Å². The molecule has 4 aliphatic heterocycles. The summed E-state index contributed by atoms with van der Waals surface area (Å²) in [6.07, 6.45) is 5.66. The second-order valence-electron chi connectivity index (χ2n) is 17.6. The zero-order chi connectivity index (χ0) is 46.4. The van der Waals surface area contributed by atoms with E-state index in [-0.39, 0.29) is 66.0 Å². The molecule has 348 valence electrons. The van der Waals surface area contributed by atoms with Crippen molar-refractivity contribution in [2.45, 2.75) is 82.7 Å². The van der Waals surface area contributed by atoms with Crippen LogP contribution in [-0.2, 0) is 19.1 Å². The van der Waals surface area contributed by atoms with E-state index in [1.807, 2.05) is 32.0 Å². The number of benzene rings is 2. The summed E-state index contributed by atoms with van der Waals surface area (Å²) < 4.78 is 19.6. The van der Waals surface area contributed by atoms with E-state index in [2.05, 4.69) is 35.6 Å². The summed E-state index contributed by atoms with van der Waals surface area (Å²) >= 11 is 6.60. The van der Waals surface area contributed by atoms with Crippen LogP contribution >= 0.6 is 11.6 Å². The Morgan fingerprint density at radius 2 is 1.62 bits per heavy atom. The van der Waals surface area contributed by atoms with Gasteiger partial charge < -0.3 is 39.2 Å². The minimum absolute atomic E-state index is 0.0592. The molecule has 5 aliphatic rings. The van der Waals surface area contributed by atoms with Crippen LogP contribution in [0.4, 0.5) is 23.1 Å². The summed E-state index contributed by atoms with van der Waals surface area (Å²) in [5.74, 6) is -0.913. The number of piperidine rings is 2. The Hall–Kier alpha value is -6.31. The number of methoxy groups -OCH3 is 1. The van der Waals surface area contributed by atoms with Gasteiger partial charge in [-0.05, 0) is 82.3 Å². The normalized spacial score (nSPS) is 21.5. The molecule has 9 rings (SSSR count). The molecule has 1 unspecified atom stereocenters. The van der Waals surface area contributed by atoms with Gasteiger partial charge in [-0.15, -0.1) is 0 Å². The van der Waals surface area contributed by atoms with Crippen LogP contribution in [0.15, 0.2) is 47.4 Å². The van der Waals surface area contributed by atoms with E-state index in [1.165, 1.54) is 14.2 Å². The van der Waals surface area contributed by atoms with Gasteiger partial charge in [-0.1, -0.05) is 11.6 Å². The van der Waals surface area contributed by atoms with Gasteiger partial charge in [-0.2, -0.15) is 4.98 Å². The first-order valence-electron chi connectivity index (χ1n) is 22.4. The van der Waals surface area contributed by atoms with Gasteiger partial charge in [0.05, 0.1) is 47.8 Å². The average Bonchev–Trinajstić information content (AvgIpc) is 3.54. The van der Waals surface area contributed by atoms with Gasteiger partial charge in [0, 0.05) is 75.9 Å². The number of ether oxygens (including phenoxy) is 3. The maximum atomic E-state index is 13.5. The Labute approximate surface area is 385 Å². The first-order chi connectivity index (χ1) is 31.8. The minimum atomic E-state index is -1.03. The lowest BCUT2D eigenvalue weighted by Crippen LogP contribution is -2.56. The number of nitrogens with zero attached hydrogens (tertiary/aromatic N) is 7. The van der Waals surface area contributed by atoms with Crippen LogP contribution in [0.1, 0.15) is 79.1 Å².